The fourth-order valence-electron chi connectivity index (χ4n) is 8.11. The number of alkyl carbamates (subject to hydrolysis) is 1. The third-order valence-corrected chi connectivity index (χ3v) is 13.5. The van der Waals surface area contributed by atoms with Crippen LogP contribution in [0.2, 0.25) is 5.02 Å². The second kappa shape index (κ2) is 19.1. The zero-order chi connectivity index (χ0) is 46.8. The average molecular weight is 953 g/mol. The zero-order valence-corrected chi connectivity index (χ0v) is 39.4. The number of nitrogens with zero attached hydrogens (tertiary/aromatic N) is 3. The summed E-state index contributed by atoms with van der Waals surface area (Å²) >= 11 is 7.54. The summed E-state index contributed by atoms with van der Waals surface area (Å²) in [5.74, 6) is -2.34. The molecule has 65 heavy (non-hydrogen) atoms. The number of hydrogen-bond acceptors (Lipinski definition) is 14. The van der Waals surface area contributed by atoms with Gasteiger partial charge in [0.15, 0.2) is 10.9 Å². The van der Waals surface area contributed by atoms with E-state index < -0.39 is 69.2 Å². The number of hydrogen-bond donors (Lipinski definition) is 4. The lowest BCUT2D eigenvalue weighted by Gasteiger charge is -2.35. The first-order valence-corrected chi connectivity index (χ1v) is 24.1. The van der Waals surface area contributed by atoms with Crippen molar-refractivity contribution < 1.29 is 46.0 Å². The first-order chi connectivity index (χ1) is 30.8. The van der Waals surface area contributed by atoms with Crippen molar-refractivity contribution >= 4 is 73.1 Å². The predicted molar refractivity (Wildman–Crippen MR) is 246 cm³/mol. The fourth-order valence-corrected chi connectivity index (χ4v) is 10.0. The molecule has 4 N–H and O–H groups in total. The predicted octanol–water partition coefficient (Wildman–Crippen LogP) is 6.77. The first kappa shape index (κ1) is 47.3. The Bertz CT molecular complexity index is 2580. The van der Waals surface area contributed by atoms with Gasteiger partial charge in [-0.2, -0.15) is 8.42 Å². The van der Waals surface area contributed by atoms with Gasteiger partial charge >= 0.3 is 16.4 Å². The van der Waals surface area contributed by atoms with Gasteiger partial charge in [0.25, 0.3) is 5.91 Å². The molecule has 0 unspecified atom stereocenters. The number of para-hydroxylation sites is 1. The van der Waals surface area contributed by atoms with E-state index in [1.807, 2.05) is 23.9 Å². The van der Waals surface area contributed by atoms with Crippen molar-refractivity contribution in [1.82, 2.24) is 30.2 Å². The number of rotatable bonds is 16. The summed E-state index contributed by atoms with van der Waals surface area (Å²) in [6.07, 6.45) is 2.87. The number of amides is 4. The number of nitrogens with one attached hydrogen (secondary N) is 4. The van der Waals surface area contributed by atoms with Crippen LogP contribution in [0, 0.1) is 11.3 Å². The number of ether oxygens (including phenoxy) is 3. The van der Waals surface area contributed by atoms with Crippen LogP contribution >= 0.6 is 22.9 Å². The van der Waals surface area contributed by atoms with Gasteiger partial charge in [-0.15, -0.1) is 17.9 Å². The molecule has 0 radical (unpaired) electrons. The third kappa shape index (κ3) is 10.9. The number of carbonyl (C=O) groups is 4. The smallest absolute Gasteiger partial charge is 0.409 e. The molecule has 2 aliphatic carbocycles. The molecule has 348 valence electrons. The second-order valence-electron chi connectivity index (χ2n) is 17.9. The minimum atomic E-state index is -4.78. The Balaban J connectivity index is 1.20. The fraction of sp³-hybridized carbons (Fsp3) is 0.467. The summed E-state index contributed by atoms with van der Waals surface area (Å²) in [5, 5.41) is 12.1. The number of thiazole rings is 1. The molecule has 2 aromatic carbocycles. The van der Waals surface area contributed by atoms with Crippen molar-refractivity contribution in [1.29, 1.82) is 0 Å². The number of pyridine rings is 1. The van der Waals surface area contributed by atoms with Crippen LogP contribution in [-0.2, 0) is 29.4 Å². The number of anilines is 1. The van der Waals surface area contributed by atoms with Crippen molar-refractivity contribution in [3.8, 4) is 28.6 Å². The molecule has 0 bridgehead atoms. The Morgan fingerprint density at radius 3 is 2.42 bits per heavy atom. The highest BCUT2D eigenvalue weighted by Crippen LogP contribution is 2.45. The molecule has 3 aliphatic rings. The molecule has 5 atom stereocenters. The van der Waals surface area contributed by atoms with E-state index in [0.717, 1.165) is 25.7 Å². The molecular weight excluding hydrogens is 898 g/mol. The van der Waals surface area contributed by atoms with E-state index in [4.69, 9.17) is 40.0 Å². The van der Waals surface area contributed by atoms with Crippen molar-refractivity contribution in [2.24, 2.45) is 11.3 Å². The van der Waals surface area contributed by atoms with Crippen LogP contribution in [0.3, 0.4) is 0 Å². The maximum Gasteiger partial charge on any atom is 0.409 e. The SMILES string of the molecule is C=C[C@@H]1C[C@]1(NC(=O)[C@@H]1C[C@@H](Oc2cc(-c3csc(NC(C)C)n3)nc3cc(OC)ccc23)CN1C(=O)[C@@H](NC(=O)OC1CCCC1)C(C)(C)C)C(=O)NS(=O)(=O)Oc1ccccc1Cl. The van der Waals surface area contributed by atoms with E-state index in [1.54, 1.807) is 58.2 Å². The highest BCUT2D eigenvalue weighted by Gasteiger charge is 2.62. The van der Waals surface area contributed by atoms with E-state index in [1.165, 1.54) is 40.5 Å². The molecule has 4 aromatic rings. The Labute approximate surface area is 387 Å². The number of aromatic nitrogens is 2. The summed E-state index contributed by atoms with van der Waals surface area (Å²) < 4.78 is 51.1. The van der Waals surface area contributed by atoms with Gasteiger partial charge in [-0.05, 0) is 75.6 Å². The van der Waals surface area contributed by atoms with Gasteiger partial charge in [0.1, 0.15) is 47.0 Å². The molecule has 3 fully saturated rings. The molecule has 1 saturated heterocycles. The van der Waals surface area contributed by atoms with E-state index in [0.29, 0.717) is 38.9 Å². The molecular formula is C45H54ClN7O10S2. The van der Waals surface area contributed by atoms with Gasteiger partial charge in [0.2, 0.25) is 11.8 Å². The molecule has 17 nitrogen and oxygen atoms in total. The molecule has 7 rings (SSSR count). The summed E-state index contributed by atoms with van der Waals surface area (Å²) in [5.41, 5.74) is -0.966. The molecule has 2 saturated carbocycles. The molecule has 1 aliphatic heterocycles. The molecule has 3 heterocycles. The Kier molecular flexibility index (Phi) is 13.9. The van der Waals surface area contributed by atoms with Crippen LogP contribution in [0.1, 0.15) is 73.1 Å². The highest BCUT2D eigenvalue weighted by atomic mass is 35.5. The monoisotopic (exact) mass is 951 g/mol. The Morgan fingerprint density at radius 1 is 1.02 bits per heavy atom. The van der Waals surface area contributed by atoms with Crippen LogP contribution in [0.4, 0.5) is 9.93 Å². The molecule has 20 heteroatoms. The van der Waals surface area contributed by atoms with Crippen LogP contribution in [0.25, 0.3) is 22.3 Å². The Morgan fingerprint density at radius 2 is 1.75 bits per heavy atom. The van der Waals surface area contributed by atoms with Crippen LogP contribution in [0.5, 0.6) is 17.2 Å². The van der Waals surface area contributed by atoms with E-state index >= 15 is 0 Å². The van der Waals surface area contributed by atoms with Crippen molar-refractivity contribution in [3.63, 3.8) is 0 Å². The minimum Gasteiger partial charge on any atom is -0.497 e. The van der Waals surface area contributed by atoms with Gasteiger partial charge in [-0.3, -0.25) is 14.4 Å². The maximum atomic E-state index is 14.9. The highest BCUT2D eigenvalue weighted by molar-refractivity contribution is 7.85. The maximum absolute atomic E-state index is 14.9. The minimum absolute atomic E-state index is 0.00624. The summed E-state index contributed by atoms with van der Waals surface area (Å²) in [7, 11) is -3.23. The number of benzene rings is 2. The first-order valence-electron chi connectivity index (χ1n) is 21.4. The average Bonchev–Trinajstić information content (AvgIpc) is 3.65. The lowest BCUT2D eigenvalue weighted by atomic mass is 9.85. The second-order valence-corrected chi connectivity index (χ2v) is 20.4. The van der Waals surface area contributed by atoms with E-state index in [-0.39, 0.29) is 42.3 Å². The number of fused-ring (bicyclic) bond motifs is 1. The normalized spacial score (nSPS) is 21.4. The lowest BCUT2D eigenvalue weighted by molar-refractivity contribution is -0.143. The van der Waals surface area contributed by atoms with Gasteiger partial charge in [-0.25, -0.2) is 19.5 Å². The lowest BCUT2D eigenvalue weighted by Crippen LogP contribution is -2.60. The molecule has 2 aromatic heterocycles. The van der Waals surface area contributed by atoms with Gasteiger partial charge in [0.05, 0.1) is 29.9 Å². The number of carbonyl (C=O) groups excluding carboxylic acids is 4. The van der Waals surface area contributed by atoms with Crippen molar-refractivity contribution in [2.75, 3.05) is 19.0 Å². The van der Waals surface area contributed by atoms with Crippen LogP contribution in [0.15, 0.2) is 66.6 Å². The molecule has 4 amide bonds. The zero-order valence-electron chi connectivity index (χ0n) is 37.0. The topological polar surface area (TPSA) is 216 Å². The number of methoxy groups -OCH3 is 1. The summed E-state index contributed by atoms with van der Waals surface area (Å²) in [6.45, 7) is 13.1. The van der Waals surface area contributed by atoms with Crippen molar-refractivity contribution in [2.45, 2.75) is 109 Å². The Hall–Kier alpha value is -5.66. The largest absolute Gasteiger partial charge is 0.497 e. The standard InChI is InChI=1S/C45H54ClN7O10S2/c1-8-26-22-45(26,41(56)52-65(58,59)63-36-16-12-11-15-31(36)46)51-39(54)35-20-29(23-53(35)40(55)38(44(4,5)6)50-43(57)62-27-13-9-10-14-27)61-37-21-33(34-24-64-42(49-34)47-25(2)3)48-32-19-28(60-7)17-18-30(32)37/h8,11-12,15-19,21,24-27,29,35,38H,1,9-10,13-14,20,22-23H2,2-7H3,(H,47,49)(H,50,57)(H,51,54)(H,52,56)/t26-,29-,35+,38-,45-/m1/s1. The van der Waals surface area contributed by atoms with Crippen LogP contribution in [-0.4, -0.2) is 96.6 Å². The van der Waals surface area contributed by atoms with Crippen molar-refractivity contribution in [3.05, 3.63) is 71.6 Å². The number of likely N-dealkylation sites (tertiary alicyclic amines) is 1. The molecule has 0 spiro atoms. The van der Waals surface area contributed by atoms with Gasteiger partial charge in [0, 0.05) is 41.3 Å². The quantitative estimate of drug-likeness (QED) is 0.0854. The van der Waals surface area contributed by atoms with E-state index in [2.05, 4.69) is 22.5 Å². The van der Waals surface area contributed by atoms with Gasteiger partial charge < -0.3 is 39.2 Å². The summed E-state index contributed by atoms with van der Waals surface area (Å²) in [6, 6.07) is 10.7. The number of halogens is 1. The van der Waals surface area contributed by atoms with E-state index in [9.17, 15) is 27.6 Å². The van der Waals surface area contributed by atoms with Crippen LogP contribution < -0.4 is 34.3 Å². The van der Waals surface area contributed by atoms with Gasteiger partial charge in [-0.1, -0.05) is 50.6 Å². The summed E-state index contributed by atoms with van der Waals surface area (Å²) in [4.78, 5) is 67.7. The third-order valence-electron chi connectivity index (χ3n) is 11.6.